The third-order valence-corrected chi connectivity index (χ3v) is 7.14. The van der Waals surface area contributed by atoms with Crippen molar-refractivity contribution in [1.82, 2.24) is 0 Å². The lowest BCUT2D eigenvalue weighted by Crippen LogP contribution is -2.23. The second kappa shape index (κ2) is 8.48. The SMILES string of the molecule is C[C]1[CH][C]2[C]([C]1CC[C]1[C](C)[CH][C]3[C]1C(C(C)C)=CC=C3C)C(C(C)C)=CC=C2C. The minimum atomic E-state index is 0.547. The van der Waals surface area contributed by atoms with Gasteiger partial charge in [-0.05, 0) is 75.0 Å². The van der Waals surface area contributed by atoms with E-state index < -0.39 is 0 Å². The lowest BCUT2D eigenvalue weighted by molar-refractivity contribution is 0.678. The first-order chi connectivity index (χ1) is 14.2. The molecule has 10 radical (unpaired) electrons. The smallest absolute Gasteiger partial charge is 0.0199 e. The molecule has 0 atom stereocenters. The van der Waals surface area contributed by atoms with Gasteiger partial charge in [-0.25, -0.2) is 0 Å². The summed E-state index contributed by atoms with van der Waals surface area (Å²) in [5, 5.41) is 0. The van der Waals surface area contributed by atoms with Crippen molar-refractivity contribution >= 4 is 0 Å². The van der Waals surface area contributed by atoms with Gasteiger partial charge in [0.1, 0.15) is 0 Å². The number of rotatable bonds is 5. The molecule has 30 heavy (non-hydrogen) atoms. The van der Waals surface area contributed by atoms with Gasteiger partial charge in [0.05, 0.1) is 0 Å². The van der Waals surface area contributed by atoms with E-state index >= 15 is 0 Å². The van der Waals surface area contributed by atoms with Crippen molar-refractivity contribution in [2.24, 2.45) is 11.8 Å². The van der Waals surface area contributed by atoms with Crippen LogP contribution >= 0.6 is 0 Å². The largest absolute Gasteiger partial charge is 0.0650 e. The third kappa shape index (κ3) is 3.71. The molecule has 0 heterocycles. The van der Waals surface area contributed by atoms with E-state index in [-0.39, 0.29) is 0 Å². The van der Waals surface area contributed by atoms with Gasteiger partial charge in [-0.1, -0.05) is 88.1 Å². The van der Waals surface area contributed by atoms with Crippen molar-refractivity contribution in [2.75, 3.05) is 0 Å². The Balaban J connectivity index is 1.54. The molecule has 0 bridgehead atoms. The highest BCUT2D eigenvalue weighted by atomic mass is 14.5. The van der Waals surface area contributed by atoms with Crippen LogP contribution in [0.2, 0.25) is 0 Å². The Morgan fingerprint density at radius 1 is 0.567 bits per heavy atom. The van der Waals surface area contributed by atoms with E-state index in [1.807, 2.05) is 0 Å². The fourth-order valence-corrected chi connectivity index (χ4v) is 5.38. The molecule has 0 amide bonds. The van der Waals surface area contributed by atoms with Crippen LogP contribution in [0.5, 0.6) is 0 Å². The van der Waals surface area contributed by atoms with Gasteiger partial charge >= 0.3 is 0 Å². The summed E-state index contributed by atoms with van der Waals surface area (Å²) >= 11 is 0. The molecule has 0 nitrogen and oxygen atoms in total. The first kappa shape index (κ1) is 22.2. The van der Waals surface area contributed by atoms with Crippen LogP contribution in [0.4, 0.5) is 0 Å². The molecule has 0 heteroatoms. The maximum absolute atomic E-state index is 2.42. The molecule has 2 fully saturated rings. The number of hydrogen-bond acceptors (Lipinski definition) is 0. The second-order valence-electron chi connectivity index (χ2n) is 9.94. The van der Waals surface area contributed by atoms with Crippen LogP contribution in [0.15, 0.2) is 46.6 Å². The number of allylic oxidation sites excluding steroid dienone is 8. The molecule has 0 saturated heterocycles. The van der Waals surface area contributed by atoms with Gasteiger partial charge in [0.2, 0.25) is 0 Å². The predicted molar refractivity (Wildman–Crippen MR) is 128 cm³/mol. The molecule has 0 aliphatic heterocycles. The molecule has 4 aliphatic rings. The molecule has 2 saturated carbocycles. The van der Waals surface area contributed by atoms with Gasteiger partial charge in [0.15, 0.2) is 0 Å². The van der Waals surface area contributed by atoms with Crippen molar-refractivity contribution in [3.63, 3.8) is 0 Å². The summed E-state index contributed by atoms with van der Waals surface area (Å²) < 4.78 is 0. The molecule has 4 rings (SSSR count). The van der Waals surface area contributed by atoms with Crippen molar-refractivity contribution in [3.05, 3.63) is 107 Å². The molecular weight excluding hydrogens is 360 g/mol. The monoisotopic (exact) mass is 396 g/mol. The topological polar surface area (TPSA) is 0 Å². The molecular formula is C30H36. The molecule has 0 aromatic rings. The Morgan fingerprint density at radius 2 is 0.933 bits per heavy atom. The molecule has 156 valence electrons. The summed E-state index contributed by atoms with van der Waals surface area (Å²) in [4.78, 5) is 0. The van der Waals surface area contributed by atoms with Crippen LogP contribution in [0.1, 0.15) is 68.2 Å². The summed E-state index contributed by atoms with van der Waals surface area (Å²) in [5.41, 5.74) is 5.80. The van der Waals surface area contributed by atoms with E-state index in [0.717, 1.165) is 12.8 Å². The highest BCUT2D eigenvalue weighted by molar-refractivity contribution is 5.73. The minimum Gasteiger partial charge on any atom is -0.0650 e. The van der Waals surface area contributed by atoms with E-state index in [9.17, 15) is 0 Å². The zero-order chi connectivity index (χ0) is 21.7. The van der Waals surface area contributed by atoms with Crippen molar-refractivity contribution in [1.29, 1.82) is 0 Å². The molecule has 0 unspecified atom stereocenters. The quantitative estimate of drug-likeness (QED) is 0.442. The summed E-state index contributed by atoms with van der Waals surface area (Å²) in [5.74, 6) is 13.1. The van der Waals surface area contributed by atoms with Crippen LogP contribution in [0.3, 0.4) is 0 Å². The van der Waals surface area contributed by atoms with E-state index in [4.69, 9.17) is 0 Å². The Labute approximate surface area is 187 Å². The molecule has 4 aliphatic carbocycles. The van der Waals surface area contributed by atoms with Crippen molar-refractivity contribution in [2.45, 2.75) is 68.2 Å². The first-order valence-electron chi connectivity index (χ1n) is 11.6. The van der Waals surface area contributed by atoms with E-state index in [2.05, 4.69) is 92.5 Å². The lowest BCUT2D eigenvalue weighted by atomic mass is 9.68. The fraction of sp³-hybridized carbons (Fsp3) is 0.400. The average Bonchev–Trinajstić information content (AvgIpc) is 3.18. The van der Waals surface area contributed by atoms with Crippen LogP contribution in [0, 0.1) is 72.0 Å². The van der Waals surface area contributed by atoms with Gasteiger partial charge in [-0.3, -0.25) is 0 Å². The van der Waals surface area contributed by atoms with E-state index in [1.165, 1.54) is 57.8 Å². The number of hydrogen-bond donors (Lipinski definition) is 0. The van der Waals surface area contributed by atoms with Crippen LogP contribution in [0.25, 0.3) is 0 Å². The zero-order valence-electron chi connectivity index (χ0n) is 20.0. The van der Waals surface area contributed by atoms with Crippen LogP contribution in [-0.2, 0) is 0 Å². The van der Waals surface area contributed by atoms with Crippen molar-refractivity contribution < 1.29 is 0 Å². The second-order valence-corrected chi connectivity index (χ2v) is 9.94. The Kier molecular flexibility index (Phi) is 6.26. The predicted octanol–water partition coefficient (Wildman–Crippen LogP) is 7.92. The summed E-state index contributed by atoms with van der Waals surface area (Å²) in [6.45, 7) is 18.4. The normalized spacial score (nSPS) is 26.3. The highest BCUT2D eigenvalue weighted by Crippen LogP contribution is 2.61. The summed E-state index contributed by atoms with van der Waals surface area (Å²) in [6.07, 6.45) is 16.4. The molecule has 0 spiro atoms. The minimum absolute atomic E-state index is 0.547. The maximum Gasteiger partial charge on any atom is 0.0199 e. The first-order valence-corrected chi connectivity index (χ1v) is 11.6. The Bertz CT molecular complexity index is 704. The Hall–Kier alpha value is -1.04. The standard InChI is InChI=1S/C30H36/c1-17(2)23-11-9-19(5)27-15-21(7)25(29(23)27)13-14-26-22(8)16-28-20(6)10-12-24(18(3)4)30(26)28/h9-12,15-18H,13-14H2,1-8H3. The van der Waals surface area contributed by atoms with Gasteiger partial charge in [-0.2, -0.15) is 0 Å². The number of fused-ring (bicyclic) bond motifs is 2. The highest BCUT2D eigenvalue weighted by Gasteiger charge is 2.50. The average molecular weight is 397 g/mol. The zero-order valence-corrected chi connectivity index (χ0v) is 20.0. The van der Waals surface area contributed by atoms with Crippen molar-refractivity contribution in [3.8, 4) is 0 Å². The van der Waals surface area contributed by atoms with E-state index in [1.54, 1.807) is 11.8 Å². The van der Waals surface area contributed by atoms with Gasteiger partial charge in [0.25, 0.3) is 0 Å². The lowest BCUT2D eigenvalue weighted by Gasteiger charge is -2.35. The fourth-order valence-electron chi connectivity index (χ4n) is 5.38. The molecule has 0 aromatic heterocycles. The Morgan fingerprint density at radius 3 is 1.27 bits per heavy atom. The van der Waals surface area contributed by atoms with E-state index in [0.29, 0.717) is 11.8 Å². The van der Waals surface area contributed by atoms with Crippen LogP contribution in [-0.4, -0.2) is 0 Å². The van der Waals surface area contributed by atoms with Gasteiger partial charge < -0.3 is 0 Å². The van der Waals surface area contributed by atoms with Gasteiger partial charge in [0, 0.05) is 23.7 Å². The maximum atomic E-state index is 2.42. The summed E-state index contributed by atoms with van der Waals surface area (Å²) in [7, 11) is 0. The summed E-state index contributed by atoms with van der Waals surface area (Å²) in [6, 6.07) is 0. The van der Waals surface area contributed by atoms with Gasteiger partial charge in [-0.15, -0.1) is 0 Å². The third-order valence-electron chi connectivity index (χ3n) is 7.14. The van der Waals surface area contributed by atoms with Crippen LogP contribution < -0.4 is 0 Å². The molecule has 0 N–H and O–H groups in total. The molecule has 0 aromatic carbocycles.